The molecule has 0 amide bonds. The van der Waals surface area contributed by atoms with Gasteiger partial charge in [-0.15, -0.1) is 0 Å². The minimum Gasteiger partial charge on any atom is -0.321 e. The van der Waals surface area contributed by atoms with E-state index in [1.165, 1.54) is 0 Å². The van der Waals surface area contributed by atoms with Gasteiger partial charge in [0.2, 0.25) is 0 Å². The molecule has 0 aromatic carbocycles. The maximum atomic E-state index is 5.82. The molecule has 1 unspecified atom stereocenters. The molecule has 1 aromatic heterocycles. The normalized spacial score (nSPS) is 14.5. The zero-order valence-corrected chi connectivity index (χ0v) is 8.76. The number of nitrogens with two attached hydrogens (primary N) is 1. The average molecular weight is 182 g/mol. The van der Waals surface area contributed by atoms with Gasteiger partial charge in [0.1, 0.15) is 5.82 Å². The van der Waals surface area contributed by atoms with E-state index < -0.39 is 0 Å². The lowest BCUT2D eigenvalue weighted by molar-refractivity contribution is 0.546. The second-order valence-electron chi connectivity index (χ2n) is 4.31. The summed E-state index contributed by atoms with van der Waals surface area (Å²) in [7, 11) is 0. The summed E-state index contributed by atoms with van der Waals surface area (Å²) in [5.41, 5.74) is 5.81. The van der Waals surface area contributed by atoms with Crippen LogP contribution in [0.2, 0.25) is 0 Å². The van der Waals surface area contributed by atoms with E-state index in [4.69, 9.17) is 5.73 Å². The number of rotatable bonds is 2. The van der Waals surface area contributed by atoms with Crippen molar-refractivity contribution in [1.82, 2.24) is 15.2 Å². The van der Waals surface area contributed by atoms with Gasteiger partial charge in [0, 0.05) is 5.41 Å². The molecule has 1 atom stereocenters. The van der Waals surface area contributed by atoms with Crippen LogP contribution >= 0.6 is 0 Å². The van der Waals surface area contributed by atoms with Crippen LogP contribution in [0.1, 0.15) is 51.8 Å². The van der Waals surface area contributed by atoms with E-state index in [1.807, 2.05) is 6.92 Å². The molecule has 0 saturated heterocycles. The highest BCUT2D eigenvalue weighted by atomic mass is 15.2. The van der Waals surface area contributed by atoms with E-state index in [1.54, 1.807) is 0 Å². The third kappa shape index (κ3) is 2.28. The number of aromatic nitrogens is 3. The molecule has 4 nitrogen and oxygen atoms in total. The first-order valence-corrected chi connectivity index (χ1v) is 4.63. The van der Waals surface area contributed by atoms with Crippen LogP contribution in [0.5, 0.6) is 0 Å². The molecular formula is C9H18N4. The van der Waals surface area contributed by atoms with Crippen molar-refractivity contribution >= 4 is 0 Å². The predicted molar refractivity (Wildman–Crippen MR) is 52.3 cm³/mol. The summed E-state index contributed by atoms with van der Waals surface area (Å²) in [4.78, 5) is 4.36. The van der Waals surface area contributed by atoms with E-state index in [9.17, 15) is 0 Å². The lowest BCUT2D eigenvalue weighted by Gasteiger charge is -2.12. The minimum absolute atomic E-state index is 0.0117. The number of hydrogen-bond donors (Lipinski definition) is 2. The molecule has 1 aromatic rings. The Morgan fingerprint density at radius 3 is 2.46 bits per heavy atom. The van der Waals surface area contributed by atoms with Gasteiger partial charge in [-0.05, 0) is 6.42 Å². The van der Waals surface area contributed by atoms with Crippen molar-refractivity contribution in [3.63, 3.8) is 0 Å². The van der Waals surface area contributed by atoms with Gasteiger partial charge in [-0.3, -0.25) is 5.10 Å². The second kappa shape index (κ2) is 3.46. The smallest absolute Gasteiger partial charge is 0.156 e. The number of aromatic amines is 1. The first-order valence-electron chi connectivity index (χ1n) is 4.63. The van der Waals surface area contributed by atoms with Crippen molar-refractivity contribution in [1.29, 1.82) is 0 Å². The predicted octanol–water partition coefficient (Wildman–Crippen LogP) is 1.51. The Balaban J connectivity index is 2.87. The molecule has 0 saturated carbocycles. The fraction of sp³-hybridized carbons (Fsp3) is 0.778. The van der Waals surface area contributed by atoms with Crippen LogP contribution < -0.4 is 5.73 Å². The molecule has 3 N–H and O–H groups in total. The lowest BCUT2D eigenvalue weighted by Crippen LogP contribution is -2.14. The van der Waals surface area contributed by atoms with Crippen molar-refractivity contribution in [2.24, 2.45) is 5.73 Å². The summed E-state index contributed by atoms with van der Waals surface area (Å²) in [6.07, 6.45) is 0.874. The van der Waals surface area contributed by atoms with Gasteiger partial charge in [0.05, 0.1) is 6.04 Å². The monoisotopic (exact) mass is 182 g/mol. The molecule has 74 valence electrons. The molecule has 0 spiro atoms. The number of hydrogen-bond acceptors (Lipinski definition) is 3. The van der Waals surface area contributed by atoms with Gasteiger partial charge in [-0.2, -0.15) is 5.10 Å². The highest BCUT2D eigenvalue weighted by molar-refractivity contribution is 5.04. The molecule has 1 rings (SSSR count). The van der Waals surface area contributed by atoms with E-state index in [0.717, 1.165) is 18.1 Å². The van der Waals surface area contributed by atoms with Crippen molar-refractivity contribution in [2.75, 3.05) is 0 Å². The molecule has 13 heavy (non-hydrogen) atoms. The Morgan fingerprint density at radius 2 is 2.08 bits per heavy atom. The molecule has 1 heterocycles. The fourth-order valence-corrected chi connectivity index (χ4v) is 0.969. The van der Waals surface area contributed by atoms with E-state index in [0.29, 0.717) is 0 Å². The van der Waals surface area contributed by atoms with Gasteiger partial charge < -0.3 is 5.73 Å². The number of nitrogens with one attached hydrogen (secondary N) is 1. The van der Waals surface area contributed by atoms with Gasteiger partial charge in [-0.1, -0.05) is 27.7 Å². The molecule has 0 aliphatic rings. The van der Waals surface area contributed by atoms with Crippen LogP contribution in [-0.4, -0.2) is 15.2 Å². The van der Waals surface area contributed by atoms with Crippen LogP contribution in [0.3, 0.4) is 0 Å². The topological polar surface area (TPSA) is 67.6 Å². The van der Waals surface area contributed by atoms with Gasteiger partial charge in [-0.25, -0.2) is 4.98 Å². The molecule has 0 aliphatic carbocycles. The SMILES string of the molecule is CCC(N)c1nc(C(C)(C)C)n[nH]1. The van der Waals surface area contributed by atoms with Crippen LogP contribution in [0, 0.1) is 0 Å². The second-order valence-corrected chi connectivity index (χ2v) is 4.31. The Kier molecular flexibility index (Phi) is 2.71. The summed E-state index contributed by atoms with van der Waals surface area (Å²) in [6.45, 7) is 8.27. The van der Waals surface area contributed by atoms with Crippen LogP contribution in [0.4, 0.5) is 0 Å². The largest absolute Gasteiger partial charge is 0.321 e. The lowest BCUT2D eigenvalue weighted by atomic mass is 9.96. The minimum atomic E-state index is -0.0244. The zero-order valence-electron chi connectivity index (χ0n) is 8.76. The third-order valence-corrected chi connectivity index (χ3v) is 1.96. The highest BCUT2D eigenvalue weighted by Crippen LogP contribution is 2.19. The maximum absolute atomic E-state index is 5.82. The number of H-pyrrole nitrogens is 1. The molecule has 4 heteroatoms. The molecule has 0 fully saturated rings. The van der Waals surface area contributed by atoms with Crippen molar-refractivity contribution in [3.05, 3.63) is 11.6 Å². The Bertz CT molecular complexity index is 271. The molecule has 0 radical (unpaired) electrons. The van der Waals surface area contributed by atoms with Crippen molar-refractivity contribution in [2.45, 2.75) is 45.6 Å². The van der Waals surface area contributed by atoms with Gasteiger partial charge >= 0.3 is 0 Å². The molecule has 0 aliphatic heterocycles. The van der Waals surface area contributed by atoms with Crippen molar-refractivity contribution in [3.8, 4) is 0 Å². The summed E-state index contributed by atoms with van der Waals surface area (Å²) < 4.78 is 0. The quantitative estimate of drug-likeness (QED) is 0.728. The van der Waals surface area contributed by atoms with Gasteiger partial charge in [0.25, 0.3) is 0 Å². The summed E-state index contributed by atoms with van der Waals surface area (Å²) in [5, 5.41) is 7.02. The van der Waals surface area contributed by atoms with Crippen LogP contribution in [0.25, 0.3) is 0 Å². The van der Waals surface area contributed by atoms with Gasteiger partial charge in [0.15, 0.2) is 5.82 Å². The summed E-state index contributed by atoms with van der Waals surface area (Å²) >= 11 is 0. The average Bonchev–Trinajstić information content (AvgIpc) is 2.50. The van der Waals surface area contributed by atoms with E-state index >= 15 is 0 Å². The Morgan fingerprint density at radius 1 is 1.46 bits per heavy atom. The first-order chi connectivity index (χ1) is 5.95. The first kappa shape index (κ1) is 10.2. The third-order valence-electron chi connectivity index (χ3n) is 1.96. The Labute approximate surface area is 78.9 Å². The summed E-state index contributed by atoms with van der Waals surface area (Å²) in [5.74, 6) is 1.61. The molecule has 0 bridgehead atoms. The van der Waals surface area contributed by atoms with Crippen LogP contribution in [0.15, 0.2) is 0 Å². The maximum Gasteiger partial charge on any atom is 0.156 e. The zero-order chi connectivity index (χ0) is 10.1. The van der Waals surface area contributed by atoms with E-state index in [-0.39, 0.29) is 11.5 Å². The summed E-state index contributed by atoms with van der Waals surface area (Å²) in [6, 6.07) is -0.0244. The highest BCUT2D eigenvalue weighted by Gasteiger charge is 2.20. The van der Waals surface area contributed by atoms with Crippen molar-refractivity contribution < 1.29 is 0 Å². The fourth-order valence-electron chi connectivity index (χ4n) is 0.969. The molecular weight excluding hydrogens is 164 g/mol. The van der Waals surface area contributed by atoms with E-state index in [2.05, 4.69) is 36.0 Å². The number of nitrogens with zero attached hydrogens (tertiary/aromatic N) is 2. The standard InChI is InChI=1S/C9H18N4/c1-5-6(10)7-11-8(13-12-7)9(2,3)4/h6H,5,10H2,1-4H3,(H,11,12,13). The van der Waals surface area contributed by atoms with Crippen LogP contribution in [-0.2, 0) is 5.41 Å². The Hall–Kier alpha value is -0.900.